The largest absolute Gasteiger partial charge is 0.488 e. The molecule has 0 atom stereocenters. The Labute approximate surface area is 196 Å². The Morgan fingerprint density at radius 2 is 1.76 bits per heavy atom. The summed E-state index contributed by atoms with van der Waals surface area (Å²) < 4.78 is 5.94. The van der Waals surface area contributed by atoms with Crippen LogP contribution in [-0.4, -0.2) is 28.5 Å². The SMILES string of the molecule is Cc1cccc(NC(=O)CN2C(=O)SC(=Cc3ccccc3OCc3ccccc3)C2=O)c1. The number of thioether (sulfide) groups is 1. The highest BCUT2D eigenvalue weighted by Crippen LogP contribution is 2.34. The van der Waals surface area contributed by atoms with Gasteiger partial charge in [0.25, 0.3) is 11.1 Å². The maximum Gasteiger partial charge on any atom is 0.294 e. The monoisotopic (exact) mass is 458 g/mol. The van der Waals surface area contributed by atoms with Gasteiger partial charge in [0.1, 0.15) is 18.9 Å². The van der Waals surface area contributed by atoms with E-state index in [1.807, 2.05) is 79.7 Å². The van der Waals surface area contributed by atoms with E-state index >= 15 is 0 Å². The van der Waals surface area contributed by atoms with Gasteiger partial charge in [-0.3, -0.25) is 19.3 Å². The molecule has 33 heavy (non-hydrogen) atoms. The van der Waals surface area contributed by atoms with Crippen LogP contribution in [0.25, 0.3) is 6.08 Å². The van der Waals surface area contributed by atoms with Crippen molar-refractivity contribution in [1.29, 1.82) is 0 Å². The Kier molecular flexibility index (Phi) is 6.90. The number of carbonyl (C=O) groups excluding carboxylic acids is 3. The zero-order valence-electron chi connectivity index (χ0n) is 18.0. The molecule has 0 radical (unpaired) electrons. The predicted molar refractivity (Wildman–Crippen MR) is 130 cm³/mol. The van der Waals surface area contributed by atoms with Gasteiger partial charge in [-0.15, -0.1) is 0 Å². The van der Waals surface area contributed by atoms with Crippen LogP contribution in [0.5, 0.6) is 5.75 Å². The van der Waals surface area contributed by atoms with E-state index in [1.54, 1.807) is 12.1 Å². The molecule has 1 heterocycles. The summed E-state index contributed by atoms with van der Waals surface area (Å²) in [6, 6.07) is 24.4. The maximum atomic E-state index is 12.8. The van der Waals surface area contributed by atoms with Crippen molar-refractivity contribution < 1.29 is 19.1 Å². The molecule has 0 aliphatic carbocycles. The van der Waals surface area contributed by atoms with E-state index in [9.17, 15) is 14.4 Å². The van der Waals surface area contributed by atoms with Gasteiger partial charge < -0.3 is 10.1 Å². The Hall–Kier alpha value is -3.84. The first-order valence-corrected chi connectivity index (χ1v) is 11.2. The molecule has 6 nitrogen and oxygen atoms in total. The van der Waals surface area contributed by atoms with E-state index in [0.717, 1.165) is 27.8 Å². The average Bonchev–Trinajstić information content (AvgIpc) is 3.06. The van der Waals surface area contributed by atoms with Gasteiger partial charge in [0.05, 0.1) is 4.91 Å². The molecular weight excluding hydrogens is 436 g/mol. The first kappa shape index (κ1) is 22.4. The molecule has 1 aliphatic heterocycles. The number of ether oxygens (including phenoxy) is 1. The highest BCUT2D eigenvalue weighted by Gasteiger charge is 2.36. The number of nitrogens with zero attached hydrogens (tertiary/aromatic N) is 1. The lowest BCUT2D eigenvalue weighted by Gasteiger charge is -2.13. The Morgan fingerprint density at radius 3 is 2.55 bits per heavy atom. The number of benzene rings is 3. The van der Waals surface area contributed by atoms with Gasteiger partial charge in [-0.25, -0.2) is 0 Å². The second-order valence-electron chi connectivity index (χ2n) is 7.50. The maximum absolute atomic E-state index is 12.8. The first-order chi connectivity index (χ1) is 16.0. The number of nitrogens with one attached hydrogen (secondary N) is 1. The van der Waals surface area contributed by atoms with Crippen molar-refractivity contribution in [3.05, 3.63) is 100 Å². The summed E-state index contributed by atoms with van der Waals surface area (Å²) in [7, 11) is 0. The van der Waals surface area contributed by atoms with Crippen LogP contribution in [-0.2, 0) is 16.2 Å². The van der Waals surface area contributed by atoms with Gasteiger partial charge in [0, 0.05) is 11.3 Å². The lowest BCUT2D eigenvalue weighted by atomic mass is 10.1. The Morgan fingerprint density at radius 1 is 1.00 bits per heavy atom. The van der Waals surface area contributed by atoms with Crippen LogP contribution in [0.2, 0.25) is 0 Å². The molecule has 1 saturated heterocycles. The van der Waals surface area contributed by atoms with Crippen molar-refractivity contribution in [2.75, 3.05) is 11.9 Å². The van der Waals surface area contributed by atoms with E-state index in [-0.39, 0.29) is 11.4 Å². The summed E-state index contributed by atoms with van der Waals surface area (Å²) in [5.41, 5.74) is 3.32. The molecular formula is C26H22N2O4S. The molecule has 166 valence electrons. The smallest absolute Gasteiger partial charge is 0.294 e. The Bertz CT molecular complexity index is 1220. The summed E-state index contributed by atoms with van der Waals surface area (Å²) in [5.74, 6) is -0.330. The molecule has 0 unspecified atom stereocenters. The molecule has 4 rings (SSSR count). The van der Waals surface area contributed by atoms with Crippen LogP contribution in [0.1, 0.15) is 16.7 Å². The van der Waals surface area contributed by atoms with Gasteiger partial charge in [-0.1, -0.05) is 60.7 Å². The van der Waals surface area contributed by atoms with Crippen molar-refractivity contribution in [3.8, 4) is 5.75 Å². The number of hydrogen-bond donors (Lipinski definition) is 1. The Balaban J connectivity index is 1.45. The van der Waals surface area contributed by atoms with E-state index in [0.29, 0.717) is 23.6 Å². The molecule has 7 heteroatoms. The van der Waals surface area contributed by atoms with Crippen LogP contribution < -0.4 is 10.1 Å². The molecule has 1 fully saturated rings. The van der Waals surface area contributed by atoms with Crippen molar-refractivity contribution in [2.24, 2.45) is 0 Å². The van der Waals surface area contributed by atoms with Crippen LogP contribution >= 0.6 is 11.8 Å². The van der Waals surface area contributed by atoms with E-state index in [2.05, 4.69) is 5.32 Å². The fourth-order valence-corrected chi connectivity index (χ4v) is 4.14. The van der Waals surface area contributed by atoms with Gasteiger partial charge in [-0.05, 0) is 54.1 Å². The van der Waals surface area contributed by atoms with Gasteiger partial charge in [-0.2, -0.15) is 0 Å². The van der Waals surface area contributed by atoms with E-state index in [4.69, 9.17) is 4.74 Å². The van der Waals surface area contributed by atoms with Gasteiger partial charge >= 0.3 is 0 Å². The van der Waals surface area contributed by atoms with Crippen LogP contribution in [0.4, 0.5) is 10.5 Å². The molecule has 3 aromatic carbocycles. The van der Waals surface area contributed by atoms with E-state index < -0.39 is 17.1 Å². The molecule has 0 aromatic heterocycles. The third-order valence-electron chi connectivity index (χ3n) is 4.92. The van der Waals surface area contributed by atoms with Crippen molar-refractivity contribution in [2.45, 2.75) is 13.5 Å². The number of para-hydroxylation sites is 1. The standard InChI is InChI=1S/C26H22N2O4S/c1-18-8-7-12-21(14-18)27-24(29)16-28-25(30)23(33-26(28)31)15-20-11-5-6-13-22(20)32-17-19-9-3-2-4-10-19/h2-15H,16-17H2,1H3,(H,27,29). The second-order valence-corrected chi connectivity index (χ2v) is 8.49. The summed E-state index contributed by atoms with van der Waals surface area (Å²) in [5, 5.41) is 2.24. The van der Waals surface area contributed by atoms with Crippen LogP contribution in [0.3, 0.4) is 0 Å². The summed E-state index contributed by atoms with van der Waals surface area (Å²) in [4.78, 5) is 38.9. The zero-order valence-corrected chi connectivity index (χ0v) is 18.8. The number of aryl methyl sites for hydroxylation is 1. The topological polar surface area (TPSA) is 75.7 Å². The minimum absolute atomic E-state index is 0.249. The summed E-state index contributed by atoms with van der Waals surface area (Å²) in [6.45, 7) is 1.95. The number of rotatable bonds is 7. The third-order valence-corrected chi connectivity index (χ3v) is 5.83. The molecule has 3 amide bonds. The quantitative estimate of drug-likeness (QED) is 0.490. The molecule has 1 aliphatic rings. The van der Waals surface area contributed by atoms with E-state index in [1.165, 1.54) is 0 Å². The molecule has 1 N–H and O–H groups in total. The third kappa shape index (κ3) is 5.70. The van der Waals surface area contributed by atoms with Crippen LogP contribution in [0.15, 0.2) is 83.8 Å². The highest BCUT2D eigenvalue weighted by molar-refractivity contribution is 8.18. The predicted octanol–water partition coefficient (Wildman–Crippen LogP) is 5.25. The molecule has 0 spiro atoms. The second kappa shape index (κ2) is 10.2. The zero-order chi connectivity index (χ0) is 23.2. The summed E-state index contributed by atoms with van der Waals surface area (Å²) in [6.07, 6.45) is 1.63. The van der Waals surface area contributed by atoms with Crippen molar-refractivity contribution in [1.82, 2.24) is 4.90 Å². The molecule has 3 aromatic rings. The number of amides is 3. The van der Waals surface area contributed by atoms with Gasteiger partial charge in [0.15, 0.2) is 0 Å². The lowest BCUT2D eigenvalue weighted by molar-refractivity contribution is -0.127. The minimum atomic E-state index is -0.498. The highest BCUT2D eigenvalue weighted by atomic mass is 32.2. The number of anilines is 1. The fourth-order valence-electron chi connectivity index (χ4n) is 3.31. The molecule has 0 saturated carbocycles. The van der Waals surface area contributed by atoms with Gasteiger partial charge in [0.2, 0.25) is 5.91 Å². The number of carbonyl (C=O) groups is 3. The number of imide groups is 1. The van der Waals surface area contributed by atoms with Crippen molar-refractivity contribution in [3.63, 3.8) is 0 Å². The molecule has 0 bridgehead atoms. The average molecular weight is 459 g/mol. The lowest BCUT2D eigenvalue weighted by Crippen LogP contribution is -2.36. The number of hydrogen-bond acceptors (Lipinski definition) is 5. The minimum Gasteiger partial charge on any atom is -0.488 e. The normalized spacial score (nSPS) is 14.6. The first-order valence-electron chi connectivity index (χ1n) is 10.4. The summed E-state index contributed by atoms with van der Waals surface area (Å²) >= 11 is 0.814. The van der Waals surface area contributed by atoms with Crippen LogP contribution in [0, 0.1) is 6.92 Å². The van der Waals surface area contributed by atoms with Crippen molar-refractivity contribution >= 4 is 40.6 Å². The fraction of sp³-hybridized carbons (Fsp3) is 0.115.